The molecule has 1 heterocycles. The van der Waals surface area contributed by atoms with Crippen LogP contribution in [0.25, 0.3) is 0 Å². The number of para-hydroxylation sites is 1. The van der Waals surface area contributed by atoms with Crippen LogP contribution in [0.1, 0.15) is 12.0 Å². The van der Waals surface area contributed by atoms with Gasteiger partial charge in [-0.05, 0) is 18.1 Å². The zero-order valence-electron chi connectivity index (χ0n) is 7.46. The van der Waals surface area contributed by atoms with Gasteiger partial charge in [-0.1, -0.05) is 18.2 Å². The van der Waals surface area contributed by atoms with Crippen molar-refractivity contribution in [1.29, 1.82) is 0 Å². The molecule has 2 N–H and O–H groups in total. The number of ether oxygens (including phenoxy) is 1. The van der Waals surface area contributed by atoms with Crippen LogP contribution in [0.5, 0.6) is 5.75 Å². The largest absolute Gasteiger partial charge is 0.477 e. The van der Waals surface area contributed by atoms with Gasteiger partial charge in [-0.2, -0.15) is 0 Å². The van der Waals surface area contributed by atoms with Gasteiger partial charge in [0, 0.05) is 6.42 Å². The Kier molecular flexibility index (Phi) is 2.35. The van der Waals surface area contributed by atoms with E-state index in [1.165, 1.54) is 0 Å². The average molecular weight is 214 g/mol. The topological polar surface area (TPSA) is 66.8 Å². The SMILES string of the molecule is O=P(O)(O)C1CCc2ccccc2O1. The van der Waals surface area contributed by atoms with E-state index in [4.69, 9.17) is 14.5 Å². The maximum Gasteiger partial charge on any atom is 0.365 e. The second kappa shape index (κ2) is 3.39. The van der Waals surface area contributed by atoms with Crippen LogP contribution in [0.3, 0.4) is 0 Å². The molecular weight excluding hydrogens is 203 g/mol. The van der Waals surface area contributed by atoms with E-state index in [1.54, 1.807) is 12.1 Å². The number of benzene rings is 1. The normalized spacial score (nSPS) is 21.1. The molecule has 0 saturated heterocycles. The van der Waals surface area contributed by atoms with Crippen LogP contribution in [0, 0.1) is 0 Å². The summed E-state index contributed by atoms with van der Waals surface area (Å²) in [5.74, 6) is -0.385. The van der Waals surface area contributed by atoms with Crippen LogP contribution in [-0.4, -0.2) is 15.6 Å². The Morgan fingerprint density at radius 2 is 2.07 bits per heavy atom. The molecule has 2 rings (SSSR count). The Bertz CT molecular complexity index is 384. The minimum atomic E-state index is -4.12. The van der Waals surface area contributed by atoms with E-state index >= 15 is 0 Å². The fourth-order valence-corrected chi connectivity index (χ4v) is 2.26. The lowest BCUT2D eigenvalue weighted by atomic mass is 10.1. The molecule has 4 nitrogen and oxygen atoms in total. The third-order valence-electron chi connectivity index (χ3n) is 2.27. The van der Waals surface area contributed by atoms with E-state index in [-0.39, 0.29) is 0 Å². The summed E-state index contributed by atoms with van der Waals surface area (Å²) >= 11 is 0. The van der Waals surface area contributed by atoms with E-state index in [2.05, 4.69) is 0 Å². The number of fused-ring (bicyclic) bond motifs is 1. The van der Waals surface area contributed by atoms with Gasteiger partial charge in [-0.25, -0.2) is 0 Å². The van der Waals surface area contributed by atoms with Gasteiger partial charge in [0.25, 0.3) is 0 Å². The van der Waals surface area contributed by atoms with Crippen LogP contribution in [0.15, 0.2) is 24.3 Å². The predicted molar refractivity (Wildman–Crippen MR) is 51.2 cm³/mol. The molecule has 0 saturated carbocycles. The second-order valence-corrected chi connectivity index (χ2v) is 5.06. The van der Waals surface area contributed by atoms with Gasteiger partial charge in [0.15, 0.2) is 5.85 Å². The predicted octanol–water partition coefficient (Wildman–Crippen LogP) is 1.52. The Morgan fingerprint density at radius 3 is 2.79 bits per heavy atom. The number of rotatable bonds is 1. The van der Waals surface area contributed by atoms with Crippen molar-refractivity contribution in [3.8, 4) is 5.75 Å². The van der Waals surface area contributed by atoms with E-state index in [9.17, 15) is 4.57 Å². The lowest BCUT2D eigenvalue weighted by molar-refractivity contribution is 0.200. The Balaban J connectivity index is 2.26. The lowest BCUT2D eigenvalue weighted by Gasteiger charge is -2.26. The first kappa shape index (κ1) is 9.71. The first-order valence-corrected chi connectivity index (χ1v) is 6.05. The highest BCUT2D eigenvalue weighted by Crippen LogP contribution is 2.46. The minimum Gasteiger partial charge on any atom is -0.477 e. The summed E-state index contributed by atoms with van der Waals surface area (Å²) in [5, 5.41) is 0. The first-order valence-electron chi connectivity index (χ1n) is 4.37. The van der Waals surface area contributed by atoms with Gasteiger partial charge in [0.2, 0.25) is 0 Å². The minimum absolute atomic E-state index is 0.376. The molecule has 0 aliphatic carbocycles. The average Bonchev–Trinajstić information content (AvgIpc) is 2.16. The summed E-state index contributed by atoms with van der Waals surface area (Å²) in [6.07, 6.45) is 1.03. The molecule has 1 aromatic rings. The van der Waals surface area contributed by atoms with Crippen LogP contribution >= 0.6 is 7.60 Å². The zero-order valence-corrected chi connectivity index (χ0v) is 8.35. The molecule has 5 heteroatoms. The van der Waals surface area contributed by atoms with Crippen molar-refractivity contribution >= 4 is 7.60 Å². The van der Waals surface area contributed by atoms with Crippen LogP contribution in [0.2, 0.25) is 0 Å². The molecule has 1 aliphatic rings. The molecule has 1 aliphatic heterocycles. The van der Waals surface area contributed by atoms with Crippen LogP contribution < -0.4 is 4.74 Å². The molecule has 1 atom stereocenters. The van der Waals surface area contributed by atoms with E-state index in [1.807, 2.05) is 12.1 Å². The van der Waals surface area contributed by atoms with Crippen molar-refractivity contribution in [2.45, 2.75) is 18.7 Å². The molecule has 0 aromatic heterocycles. The summed E-state index contributed by atoms with van der Waals surface area (Å²) < 4.78 is 16.2. The van der Waals surface area contributed by atoms with Crippen molar-refractivity contribution in [2.75, 3.05) is 0 Å². The maximum atomic E-state index is 11.0. The van der Waals surface area contributed by atoms with Crippen molar-refractivity contribution in [1.82, 2.24) is 0 Å². The van der Waals surface area contributed by atoms with Crippen molar-refractivity contribution in [2.24, 2.45) is 0 Å². The Morgan fingerprint density at radius 1 is 1.36 bits per heavy atom. The first-order chi connectivity index (χ1) is 6.57. The molecule has 0 bridgehead atoms. The molecule has 14 heavy (non-hydrogen) atoms. The molecule has 0 fully saturated rings. The van der Waals surface area contributed by atoms with E-state index in [0.717, 1.165) is 5.56 Å². The van der Waals surface area contributed by atoms with Gasteiger partial charge in [-0.3, -0.25) is 4.57 Å². The van der Waals surface area contributed by atoms with Crippen LogP contribution in [-0.2, 0) is 11.0 Å². The maximum absolute atomic E-state index is 11.0. The zero-order chi connectivity index (χ0) is 10.2. The Labute approximate surface area is 81.7 Å². The van der Waals surface area contributed by atoms with Crippen molar-refractivity contribution < 1.29 is 19.1 Å². The third kappa shape index (κ3) is 1.82. The molecule has 76 valence electrons. The molecule has 0 amide bonds. The monoisotopic (exact) mass is 214 g/mol. The number of hydrogen-bond acceptors (Lipinski definition) is 2. The van der Waals surface area contributed by atoms with E-state index in [0.29, 0.717) is 18.6 Å². The summed E-state index contributed by atoms with van der Waals surface area (Å²) in [6.45, 7) is 0. The van der Waals surface area contributed by atoms with Gasteiger partial charge in [0.1, 0.15) is 5.75 Å². The molecule has 1 aromatic carbocycles. The second-order valence-electron chi connectivity index (χ2n) is 3.31. The molecule has 0 spiro atoms. The van der Waals surface area contributed by atoms with E-state index < -0.39 is 13.4 Å². The van der Waals surface area contributed by atoms with Gasteiger partial charge in [-0.15, -0.1) is 0 Å². The molecule has 0 radical (unpaired) electrons. The summed E-state index contributed by atoms with van der Waals surface area (Å²) in [6, 6.07) is 7.32. The summed E-state index contributed by atoms with van der Waals surface area (Å²) in [5.41, 5.74) is 1.01. The standard InChI is InChI=1S/C9H11O4P/c10-14(11,12)9-6-5-7-3-1-2-4-8(7)13-9/h1-4,9H,5-6H2,(H2,10,11,12). The number of aryl methyl sites for hydroxylation is 1. The fourth-order valence-electron chi connectivity index (χ4n) is 1.55. The molecular formula is C9H11O4P. The van der Waals surface area contributed by atoms with Gasteiger partial charge in [0.05, 0.1) is 0 Å². The highest BCUT2D eigenvalue weighted by molar-refractivity contribution is 7.52. The van der Waals surface area contributed by atoms with Gasteiger partial charge < -0.3 is 14.5 Å². The Hall–Kier alpha value is -0.830. The van der Waals surface area contributed by atoms with Crippen molar-refractivity contribution in [3.63, 3.8) is 0 Å². The molecule has 1 unspecified atom stereocenters. The third-order valence-corrected chi connectivity index (χ3v) is 3.39. The highest BCUT2D eigenvalue weighted by Gasteiger charge is 2.33. The highest BCUT2D eigenvalue weighted by atomic mass is 31.2. The van der Waals surface area contributed by atoms with Crippen molar-refractivity contribution in [3.05, 3.63) is 29.8 Å². The van der Waals surface area contributed by atoms with Gasteiger partial charge >= 0.3 is 7.60 Å². The quantitative estimate of drug-likeness (QED) is 0.695. The number of hydrogen-bond donors (Lipinski definition) is 2. The smallest absolute Gasteiger partial charge is 0.365 e. The fraction of sp³-hybridized carbons (Fsp3) is 0.333. The summed E-state index contributed by atoms with van der Waals surface area (Å²) in [7, 11) is -4.12. The lowest BCUT2D eigenvalue weighted by Crippen LogP contribution is -2.22. The van der Waals surface area contributed by atoms with Crippen LogP contribution in [0.4, 0.5) is 0 Å². The summed E-state index contributed by atoms with van der Waals surface area (Å²) in [4.78, 5) is 17.9.